The first-order valence-corrected chi connectivity index (χ1v) is 42.5. The Labute approximate surface area is 730 Å². The number of Topliss-reactive ketones (excluding diaryl/α,β-unsaturated/α-hetero) is 1. The third-order valence-corrected chi connectivity index (χ3v) is 23.5. The van der Waals surface area contributed by atoms with Gasteiger partial charge in [-0.15, -0.1) is 0 Å². The maximum absolute atomic E-state index is 13.4. The summed E-state index contributed by atoms with van der Waals surface area (Å²) in [4.78, 5) is 144. The molecule has 0 spiro atoms. The van der Waals surface area contributed by atoms with E-state index in [1.807, 2.05) is 219 Å². The number of H-pyrrole nitrogens is 4. The number of aryl methyl sites for hydroxylation is 6. The summed E-state index contributed by atoms with van der Waals surface area (Å²) in [5, 5.41) is 14.9. The van der Waals surface area contributed by atoms with Gasteiger partial charge in [0.1, 0.15) is 22.7 Å². The van der Waals surface area contributed by atoms with E-state index in [1.54, 1.807) is 58.1 Å². The van der Waals surface area contributed by atoms with Crippen molar-refractivity contribution in [2.75, 3.05) is 34.5 Å². The van der Waals surface area contributed by atoms with Gasteiger partial charge in [-0.05, 0) is 222 Å². The number of nitrogens with zero attached hydrogens (tertiary/aromatic N) is 8. The van der Waals surface area contributed by atoms with Gasteiger partial charge in [-0.25, -0.2) is 15.0 Å². The van der Waals surface area contributed by atoms with Crippen molar-refractivity contribution in [2.24, 2.45) is 0 Å². The van der Waals surface area contributed by atoms with Crippen molar-refractivity contribution in [3.63, 3.8) is 0 Å². The minimum atomic E-state index is -0.312. The lowest BCUT2D eigenvalue weighted by Gasteiger charge is -2.18. The molecular formula is C98H112N16O12. The van der Waals surface area contributed by atoms with Crippen LogP contribution >= 0.6 is 0 Å². The van der Waals surface area contributed by atoms with Crippen LogP contribution in [0.1, 0.15) is 238 Å². The van der Waals surface area contributed by atoms with Crippen LogP contribution in [0.15, 0.2) is 171 Å². The van der Waals surface area contributed by atoms with Crippen molar-refractivity contribution in [3.05, 3.63) is 317 Å². The molecule has 126 heavy (non-hydrogen) atoms. The first kappa shape index (κ1) is 91.5. The number of aromatic nitrogens is 12. The lowest BCUT2D eigenvalue weighted by atomic mass is 10.0. The van der Waals surface area contributed by atoms with Crippen molar-refractivity contribution < 1.29 is 38.2 Å². The fourth-order valence-corrected chi connectivity index (χ4v) is 17.0. The molecule has 1 fully saturated rings. The van der Waals surface area contributed by atoms with Crippen LogP contribution in [-0.2, 0) is 42.1 Å². The number of ether oxygens (including phenoxy) is 3. The molecule has 0 aliphatic heterocycles. The van der Waals surface area contributed by atoms with E-state index in [9.17, 15) is 43.2 Å². The van der Waals surface area contributed by atoms with Crippen LogP contribution in [0.5, 0.6) is 5.75 Å². The Morgan fingerprint density at radius 3 is 1.33 bits per heavy atom. The molecule has 656 valence electrons. The van der Waals surface area contributed by atoms with E-state index in [4.69, 9.17) is 14.2 Å². The zero-order chi connectivity index (χ0) is 90.6. The second-order valence-corrected chi connectivity index (χ2v) is 32.2. The van der Waals surface area contributed by atoms with Gasteiger partial charge in [0.05, 0.1) is 84.5 Å². The molecule has 1 saturated carbocycles. The van der Waals surface area contributed by atoms with Crippen LogP contribution in [0.25, 0.3) is 44.0 Å². The number of carbonyl (C=O) groups is 5. The summed E-state index contributed by atoms with van der Waals surface area (Å²) in [6.45, 7) is 30.6. The van der Waals surface area contributed by atoms with Crippen LogP contribution < -0.4 is 48.2 Å². The molecule has 12 heterocycles. The molecule has 1 aliphatic rings. The Morgan fingerprint density at radius 2 is 0.865 bits per heavy atom. The highest BCUT2D eigenvalue weighted by Crippen LogP contribution is 2.40. The van der Waals surface area contributed by atoms with Gasteiger partial charge in [0.15, 0.2) is 5.78 Å². The summed E-state index contributed by atoms with van der Waals surface area (Å²) >= 11 is 0. The lowest BCUT2D eigenvalue weighted by molar-refractivity contribution is 0.0942. The first-order valence-electron chi connectivity index (χ1n) is 42.5. The zero-order valence-electron chi connectivity index (χ0n) is 74.9. The van der Waals surface area contributed by atoms with Crippen LogP contribution in [0.4, 0.5) is 0 Å². The van der Waals surface area contributed by atoms with Crippen molar-refractivity contribution >= 4 is 73.4 Å². The van der Waals surface area contributed by atoms with Crippen molar-refractivity contribution in [1.82, 2.24) is 79.4 Å². The average molecular weight is 1710 g/mol. The summed E-state index contributed by atoms with van der Waals surface area (Å²) < 4.78 is 24.2. The molecule has 1 aliphatic carbocycles. The predicted molar refractivity (Wildman–Crippen MR) is 491 cm³/mol. The van der Waals surface area contributed by atoms with E-state index in [-0.39, 0.29) is 102 Å². The second kappa shape index (κ2) is 40.3. The second-order valence-electron chi connectivity index (χ2n) is 32.2. The molecule has 14 aromatic rings. The number of methoxy groups -OCH3 is 3. The summed E-state index contributed by atoms with van der Waals surface area (Å²) in [7, 11) is 4.81. The molecule has 0 bridgehead atoms. The molecule has 4 amide bonds. The topological polar surface area (TPSA) is 364 Å². The number of para-hydroxylation sites is 1. The Morgan fingerprint density at radius 1 is 0.437 bits per heavy atom. The summed E-state index contributed by atoms with van der Waals surface area (Å²) in [6.07, 6.45) is 10.4. The number of rotatable bonds is 27. The molecule has 12 aromatic heterocycles. The van der Waals surface area contributed by atoms with E-state index in [0.717, 1.165) is 120 Å². The Bertz CT molecular complexity index is 6670. The number of aromatic amines is 4. The third kappa shape index (κ3) is 19.6. The molecule has 8 N–H and O–H groups in total. The van der Waals surface area contributed by atoms with Gasteiger partial charge in [-0.2, -0.15) is 0 Å². The minimum absolute atomic E-state index is 0.0146. The van der Waals surface area contributed by atoms with Crippen molar-refractivity contribution in [3.8, 4) is 5.75 Å². The first-order chi connectivity index (χ1) is 60.4. The highest BCUT2D eigenvalue weighted by molar-refractivity contribution is 6.10. The monoisotopic (exact) mass is 1700 g/mol. The van der Waals surface area contributed by atoms with Gasteiger partial charge in [-0.1, -0.05) is 56.3 Å². The van der Waals surface area contributed by atoms with E-state index < -0.39 is 0 Å². The van der Waals surface area contributed by atoms with Gasteiger partial charge in [-0.3, -0.25) is 48.1 Å². The lowest BCUT2D eigenvalue weighted by Crippen LogP contribution is -2.28. The molecule has 15 rings (SSSR count). The van der Waals surface area contributed by atoms with Gasteiger partial charge in [0.25, 0.3) is 45.9 Å². The summed E-state index contributed by atoms with van der Waals surface area (Å²) in [6, 6.07) is 39.9. The number of amides is 4. The smallest absolute Gasteiger partial charge is 0.256 e. The van der Waals surface area contributed by atoms with Crippen LogP contribution in [0, 0.1) is 62.3 Å². The van der Waals surface area contributed by atoms with Gasteiger partial charge < -0.3 is 73.7 Å². The van der Waals surface area contributed by atoms with Crippen molar-refractivity contribution in [2.45, 2.75) is 186 Å². The predicted octanol–water partition coefficient (Wildman–Crippen LogP) is 15.1. The molecule has 0 radical (unpaired) electrons. The fraction of sp³-hybridized carbons (Fsp3) is 0.337. The molecule has 4 unspecified atom stereocenters. The van der Waals surface area contributed by atoms with Gasteiger partial charge >= 0.3 is 0 Å². The van der Waals surface area contributed by atoms with Gasteiger partial charge in [0, 0.05) is 160 Å². The Balaban J connectivity index is 0.000000153. The minimum Gasteiger partial charge on any atom is -0.496 e. The summed E-state index contributed by atoms with van der Waals surface area (Å²) in [5.74, 6) is 0.0513. The maximum Gasteiger partial charge on any atom is 0.256 e. The number of pyridine rings is 8. The third-order valence-electron chi connectivity index (χ3n) is 23.5. The normalized spacial score (nSPS) is 12.7. The molecule has 0 saturated heterocycles. The molecule has 4 atom stereocenters. The number of hydrogen-bond acceptors (Lipinski definition) is 16. The molecule has 28 nitrogen and oxygen atoms in total. The van der Waals surface area contributed by atoms with E-state index in [1.165, 1.54) is 7.11 Å². The largest absolute Gasteiger partial charge is 0.496 e. The standard InChI is InChI=1S/C28H30N4O4.C25H26N4O2.C23H28N4O3.C22H28N4O3/c1-6-23(33)20-10-7-9-19(14-20)17(3)32-18(4)25(21-11-8-12-29-26(21)32)28(35)30-15-22-24(36-5)13-16(2)31-27(22)34;1-15-13-16(2)28-24(30)20(15)14-27-25(31)23-18(4)29(22-11-6-5-9-19(22)23)17(3)21-10-7-8-12-26-21;1-13-10-19(16-7-8-16)26-22(28)18(13)11-25-23(29)20-15(3)27(14(2)12-30-4)21-17(20)6-5-9-24-21;1-6-16-10-13(2)18(21(27)25-16)11-24-22(28)19-15(4)26(14(3)12-29-5)20-17(19)8-7-9-23-20/h7-14,17H,6,15H2,1-5H3,(H,30,35)(H,31,34);5-13,17H,14H2,1-4H3,(H,27,31)(H,28,30);5-6,9-10,14,16H,7-8,11-12H2,1-4H3,(H,25,29)(H,26,28);7-10,14H,6,11-12H2,1-5H3,(H,24,28)(H,25,27). The number of hydrogen-bond donors (Lipinski definition) is 8. The van der Waals surface area contributed by atoms with E-state index >= 15 is 0 Å². The average Bonchev–Trinajstić information content (AvgIpc) is 1.62. The molecular weight excluding hydrogens is 1590 g/mol. The Hall–Kier alpha value is -13.7. The van der Waals surface area contributed by atoms with Crippen LogP contribution in [-0.4, -0.2) is 122 Å². The highest BCUT2D eigenvalue weighted by Gasteiger charge is 2.31. The highest BCUT2D eigenvalue weighted by atomic mass is 16.5. The van der Waals surface area contributed by atoms with E-state index in [2.05, 4.69) is 72.6 Å². The summed E-state index contributed by atoms with van der Waals surface area (Å²) in [5.41, 5.74) is 18.6. The van der Waals surface area contributed by atoms with E-state index in [0.29, 0.717) is 98.1 Å². The SMILES string of the molecule is CCC(=O)c1cccc(C(C)n2c(C)c(C(=O)NCc3c(OC)cc(C)[nH]c3=O)c3cccnc32)c1.CCc1cc(C)c(CNC(=O)c2c(C)n(C(C)COC)c3ncccc23)c(=O)[nH]1.COCC(C)n1c(C)c(C(=O)NCc2c(C)cc(C3CC3)[nH]c2=O)c2cccnc21.Cc1cc(C)c(CNC(=O)c2c(C)n(C(C)c3ccccn3)c3ccccc23)c(=O)[nH]1. The molecule has 28 heteroatoms. The fourth-order valence-electron chi connectivity index (χ4n) is 17.0. The van der Waals surface area contributed by atoms with Crippen LogP contribution in [0.3, 0.4) is 0 Å². The zero-order valence-corrected chi connectivity index (χ0v) is 74.9. The Kier molecular flexibility index (Phi) is 29.2. The number of benzene rings is 2. The number of fused-ring (bicyclic) bond motifs is 4. The number of carbonyl (C=O) groups excluding carboxylic acids is 5. The number of nitrogens with one attached hydrogen (secondary N) is 8. The van der Waals surface area contributed by atoms with Crippen LogP contribution in [0.2, 0.25) is 0 Å². The van der Waals surface area contributed by atoms with Gasteiger partial charge in [0.2, 0.25) is 0 Å². The van der Waals surface area contributed by atoms with Crippen molar-refractivity contribution in [1.29, 1.82) is 0 Å². The maximum atomic E-state index is 13.4. The number of ketones is 1. The quantitative estimate of drug-likeness (QED) is 0.0222. The molecule has 2 aromatic carbocycles.